The first-order chi connectivity index (χ1) is 10.2. The monoisotopic (exact) mass is 350 g/mol. The zero-order chi connectivity index (χ0) is 15.1. The molecule has 0 spiro atoms. The van der Waals surface area contributed by atoms with E-state index < -0.39 is 0 Å². The van der Waals surface area contributed by atoms with Crippen molar-refractivity contribution in [2.45, 2.75) is 20.1 Å². The molecule has 0 saturated carbocycles. The number of nitrogens with zero attached hydrogens (tertiary/aromatic N) is 1. The third-order valence-corrected chi connectivity index (χ3v) is 3.47. The Morgan fingerprint density at radius 1 is 1.24 bits per heavy atom. The summed E-state index contributed by atoms with van der Waals surface area (Å²) in [5.41, 5.74) is 1.95. The molecule has 0 radical (unpaired) electrons. The number of hydrogen-bond acceptors (Lipinski definition) is 4. The van der Waals surface area contributed by atoms with E-state index in [1.807, 2.05) is 30.3 Å². The minimum atomic E-state index is 0.410. The van der Waals surface area contributed by atoms with Gasteiger partial charge in [0.1, 0.15) is 6.61 Å². The quantitative estimate of drug-likeness (QED) is 0.829. The molecule has 0 aliphatic heterocycles. The second kappa shape index (κ2) is 8.00. The topological polar surface area (TPSA) is 43.4 Å². The lowest BCUT2D eigenvalue weighted by atomic mass is 10.2. The molecule has 2 rings (SSSR count). The summed E-state index contributed by atoms with van der Waals surface area (Å²) < 4.78 is 12.3. The SMILES string of the molecule is CCNCc1cccc(OC)c1OCc1ccc(Br)cn1. The van der Waals surface area contributed by atoms with Gasteiger partial charge in [0.2, 0.25) is 0 Å². The Morgan fingerprint density at radius 3 is 2.76 bits per heavy atom. The summed E-state index contributed by atoms with van der Waals surface area (Å²) in [4.78, 5) is 4.31. The van der Waals surface area contributed by atoms with Crippen LogP contribution in [0.25, 0.3) is 0 Å². The average Bonchev–Trinajstić information content (AvgIpc) is 2.52. The van der Waals surface area contributed by atoms with Gasteiger partial charge in [0.25, 0.3) is 0 Å². The van der Waals surface area contributed by atoms with E-state index in [9.17, 15) is 0 Å². The first-order valence-corrected chi connectivity index (χ1v) is 7.63. The van der Waals surface area contributed by atoms with Crippen molar-refractivity contribution in [2.24, 2.45) is 0 Å². The lowest BCUT2D eigenvalue weighted by molar-refractivity contribution is 0.277. The lowest BCUT2D eigenvalue weighted by Crippen LogP contribution is -2.13. The van der Waals surface area contributed by atoms with Crippen molar-refractivity contribution in [1.29, 1.82) is 0 Å². The normalized spacial score (nSPS) is 10.4. The van der Waals surface area contributed by atoms with Crippen LogP contribution < -0.4 is 14.8 Å². The Hall–Kier alpha value is -1.59. The number of nitrogens with one attached hydrogen (secondary N) is 1. The van der Waals surface area contributed by atoms with E-state index in [2.05, 4.69) is 33.2 Å². The zero-order valence-electron chi connectivity index (χ0n) is 12.2. The molecule has 5 heteroatoms. The Morgan fingerprint density at radius 2 is 2.10 bits per heavy atom. The van der Waals surface area contributed by atoms with Crippen molar-refractivity contribution < 1.29 is 9.47 Å². The van der Waals surface area contributed by atoms with Crippen LogP contribution in [0.3, 0.4) is 0 Å². The smallest absolute Gasteiger partial charge is 0.166 e. The van der Waals surface area contributed by atoms with Crippen LogP contribution >= 0.6 is 15.9 Å². The van der Waals surface area contributed by atoms with E-state index >= 15 is 0 Å². The third-order valence-electron chi connectivity index (χ3n) is 3.00. The number of halogens is 1. The zero-order valence-corrected chi connectivity index (χ0v) is 13.8. The van der Waals surface area contributed by atoms with E-state index in [-0.39, 0.29) is 0 Å². The second-order valence-electron chi connectivity index (χ2n) is 4.49. The van der Waals surface area contributed by atoms with Crippen molar-refractivity contribution in [3.05, 3.63) is 52.3 Å². The van der Waals surface area contributed by atoms with Crippen LogP contribution in [-0.4, -0.2) is 18.6 Å². The average molecular weight is 351 g/mol. The predicted molar refractivity (Wildman–Crippen MR) is 86.6 cm³/mol. The van der Waals surface area contributed by atoms with E-state index in [0.29, 0.717) is 6.61 Å². The maximum atomic E-state index is 5.94. The van der Waals surface area contributed by atoms with E-state index in [0.717, 1.165) is 40.3 Å². The maximum Gasteiger partial charge on any atom is 0.166 e. The minimum absolute atomic E-state index is 0.410. The van der Waals surface area contributed by atoms with Crippen LogP contribution in [0.15, 0.2) is 41.0 Å². The Bertz CT molecular complexity index is 573. The van der Waals surface area contributed by atoms with Crippen LogP contribution in [0.1, 0.15) is 18.2 Å². The van der Waals surface area contributed by atoms with Crippen LogP contribution in [0.4, 0.5) is 0 Å². The summed E-state index contributed by atoms with van der Waals surface area (Å²) >= 11 is 3.37. The highest BCUT2D eigenvalue weighted by Gasteiger charge is 2.10. The lowest BCUT2D eigenvalue weighted by Gasteiger charge is -2.15. The van der Waals surface area contributed by atoms with Gasteiger partial charge in [0.15, 0.2) is 11.5 Å². The molecule has 0 unspecified atom stereocenters. The minimum Gasteiger partial charge on any atom is -0.493 e. The molecular formula is C16H19BrN2O2. The molecule has 0 fully saturated rings. The molecular weight excluding hydrogens is 332 g/mol. The first-order valence-electron chi connectivity index (χ1n) is 6.84. The standard InChI is InChI=1S/C16H19BrN2O2/c1-3-18-9-12-5-4-6-15(20-2)16(12)21-11-14-8-7-13(17)10-19-14/h4-8,10,18H,3,9,11H2,1-2H3. The molecule has 1 aromatic carbocycles. The molecule has 0 aliphatic carbocycles. The highest BCUT2D eigenvalue weighted by Crippen LogP contribution is 2.31. The highest BCUT2D eigenvalue weighted by atomic mass is 79.9. The van der Waals surface area contributed by atoms with Crippen LogP contribution in [0.5, 0.6) is 11.5 Å². The number of rotatable bonds is 7. The number of methoxy groups -OCH3 is 1. The maximum absolute atomic E-state index is 5.94. The van der Waals surface area contributed by atoms with Gasteiger partial charge >= 0.3 is 0 Å². The van der Waals surface area contributed by atoms with Gasteiger partial charge in [-0.05, 0) is 40.7 Å². The first kappa shape index (κ1) is 15.8. The number of pyridine rings is 1. The van der Waals surface area contributed by atoms with Crippen molar-refractivity contribution in [3.8, 4) is 11.5 Å². The molecule has 0 bridgehead atoms. The fraction of sp³-hybridized carbons (Fsp3) is 0.312. The van der Waals surface area contributed by atoms with E-state index in [1.54, 1.807) is 13.3 Å². The van der Waals surface area contributed by atoms with Gasteiger partial charge in [0.05, 0.1) is 12.8 Å². The van der Waals surface area contributed by atoms with Gasteiger partial charge in [0, 0.05) is 22.8 Å². The van der Waals surface area contributed by atoms with Gasteiger partial charge in [-0.15, -0.1) is 0 Å². The number of benzene rings is 1. The van der Waals surface area contributed by atoms with Crippen LogP contribution in [-0.2, 0) is 13.2 Å². The molecule has 1 N–H and O–H groups in total. The number of hydrogen-bond donors (Lipinski definition) is 1. The third kappa shape index (κ3) is 4.44. The molecule has 0 atom stereocenters. The van der Waals surface area contributed by atoms with Gasteiger partial charge in [-0.2, -0.15) is 0 Å². The summed E-state index contributed by atoms with van der Waals surface area (Å²) in [6.07, 6.45) is 1.76. The number of aromatic nitrogens is 1. The van der Waals surface area contributed by atoms with Crippen LogP contribution in [0, 0.1) is 0 Å². The van der Waals surface area contributed by atoms with Crippen molar-refractivity contribution in [3.63, 3.8) is 0 Å². The molecule has 4 nitrogen and oxygen atoms in total. The van der Waals surface area contributed by atoms with Gasteiger partial charge in [-0.3, -0.25) is 4.98 Å². The van der Waals surface area contributed by atoms with Gasteiger partial charge in [-0.1, -0.05) is 19.1 Å². The Balaban J connectivity index is 2.14. The molecule has 0 aliphatic rings. The van der Waals surface area contributed by atoms with E-state index in [4.69, 9.17) is 9.47 Å². The summed E-state index contributed by atoms with van der Waals surface area (Å²) in [6, 6.07) is 9.79. The molecule has 1 aromatic heterocycles. The summed E-state index contributed by atoms with van der Waals surface area (Å²) in [5.74, 6) is 1.51. The van der Waals surface area contributed by atoms with E-state index in [1.165, 1.54) is 0 Å². The fourth-order valence-corrected chi connectivity index (χ4v) is 2.16. The second-order valence-corrected chi connectivity index (χ2v) is 5.40. The number of para-hydroxylation sites is 1. The summed E-state index contributed by atoms with van der Waals surface area (Å²) in [5, 5.41) is 3.30. The Kier molecular flexibility index (Phi) is 6.02. The summed E-state index contributed by atoms with van der Waals surface area (Å²) in [7, 11) is 1.65. The highest BCUT2D eigenvalue weighted by molar-refractivity contribution is 9.10. The Labute approximate surface area is 133 Å². The molecule has 21 heavy (non-hydrogen) atoms. The largest absolute Gasteiger partial charge is 0.493 e. The molecule has 112 valence electrons. The number of ether oxygens (including phenoxy) is 2. The molecule has 1 heterocycles. The van der Waals surface area contributed by atoms with Crippen molar-refractivity contribution in [1.82, 2.24) is 10.3 Å². The van der Waals surface area contributed by atoms with Gasteiger partial charge < -0.3 is 14.8 Å². The fourth-order valence-electron chi connectivity index (χ4n) is 1.92. The molecule has 0 saturated heterocycles. The van der Waals surface area contributed by atoms with Crippen molar-refractivity contribution in [2.75, 3.05) is 13.7 Å². The van der Waals surface area contributed by atoms with Crippen LogP contribution in [0.2, 0.25) is 0 Å². The predicted octanol–water partition coefficient (Wildman–Crippen LogP) is 3.54. The van der Waals surface area contributed by atoms with Gasteiger partial charge in [-0.25, -0.2) is 0 Å². The molecule has 2 aromatic rings. The van der Waals surface area contributed by atoms with Crippen molar-refractivity contribution >= 4 is 15.9 Å². The molecule has 0 amide bonds. The summed E-state index contributed by atoms with van der Waals surface area (Å²) in [6.45, 7) is 4.14.